The molecule has 0 amide bonds. The van der Waals surface area contributed by atoms with Gasteiger partial charge in [0.2, 0.25) is 0 Å². The van der Waals surface area contributed by atoms with E-state index in [9.17, 15) is 15.0 Å². The van der Waals surface area contributed by atoms with Gasteiger partial charge in [0.05, 0.1) is 6.54 Å². The second-order valence-corrected chi connectivity index (χ2v) is 5.05. The van der Waals surface area contributed by atoms with Crippen molar-refractivity contribution in [1.82, 2.24) is 4.90 Å². The number of aromatic hydroxyl groups is 2. The summed E-state index contributed by atoms with van der Waals surface area (Å²) in [5.41, 5.74) is 0.390. The van der Waals surface area contributed by atoms with E-state index in [2.05, 4.69) is 0 Å². The highest BCUT2D eigenvalue weighted by molar-refractivity contribution is 5.98. The number of rotatable bonds is 4. The minimum atomic E-state index is -0.280. The lowest BCUT2D eigenvalue weighted by Gasteiger charge is -2.31. The van der Waals surface area contributed by atoms with E-state index in [1.54, 1.807) is 0 Å². The van der Waals surface area contributed by atoms with Crippen LogP contribution < -0.4 is 0 Å². The molecular formula is C14H19NO4. The van der Waals surface area contributed by atoms with Crippen molar-refractivity contribution in [1.29, 1.82) is 0 Å². The number of phenolic OH excluding ortho intramolecular Hbond substituents is 2. The Morgan fingerprint density at radius 1 is 1.32 bits per heavy atom. The number of hydrogen-bond acceptors (Lipinski definition) is 5. The number of benzene rings is 1. The lowest BCUT2D eigenvalue weighted by Crippen LogP contribution is -2.39. The number of nitrogens with zero attached hydrogens (tertiary/aromatic N) is 1. The van der Waals surface area contributed by atoms with Crippen LogP contribution in [0.2, 0.25) is 0 Å². The van der Waals surface area contributed by atoms with E-state index in [1.165, 1.54) is 18.2 Å². The number of carbonyl (C=O) groups is 1. The third-order valence-electron chi connectivity index (χ3n) is 3.53. The van der Waals surface area contributed by atoms with E-state index >= 15 is 0 Å². The zero-order valence-corrected chi connectivity index (χ0v) is 10.7. The minimum Gasteiger partial charge on any atom is -0.504 e. The van der Waals surface area contributed by atoms with Gasteiger partial charge in [-0.25, -0.2) is 0 Å². The number of Topliss-reactive ketones (excluding diaryl/α,β-unsaturated/α-hetero) is 1. The molecule has 0 bridgehead atoms. The molecule has 3 N–H and O–H groups in total. The van der Waals surface area contributed by atoms with Gasteiger partial charge in [-0.3, -0.25) is 9.69 Å². The van der Waals surface area contributed by atoms with Crippen LogP contribution in [-0.4, -0.2) is 52.2 Å². The highest BCUT2D eigenvalue weighted by atomic mass is 16.3. The molecule has 1 unspecified atom stereocenters. The largest absolute Gasteiger partial charge is 0.504 e. The van der Waals surface area contributed by atoms with E-state index in [1.807, 2.05) is 4.90 Å². The Bertz CT molecular complexity index is 461. The number of carbonyl (C=O) groups excluding carboxylic acids is 1. The molecule has 104 valence electrons. The zero-order valence-electron chi connectivity index (χ0n) is 10.7. The van der Waals surface area contributed by atoms with Gasteiger partial charge >= 0.3 is 0 Å². The van der Waals surface area contributed by atoms with Crippen molar-refractivity contribution in [3.05, 3.63) is 23.8 Å². The van der Waals surface area contributed by atoms with Crippen LogP contribution in [0.3, 0.4) is 0 Å². The smallest absolute Gasteiger partial charge is 0.176 e. The quantitative estimate of drug-likeness (QED) is 0.558. The summed E-state index contributed by atoms with van der Waals surface area (Å²) < 4.78 is 0. The summed E-state index contributed by atoms with van der Waals surface area (Å²) in [5.74, 6) is -0.351. The summed E-state index contributed by atoms with van der Waals surface area (Å²) in [4.78, 5) is 14.1. The summed E-state index contributed by atoms with van der Waals surface area (Å²) in [6.07, 6.45) is 1.99. The number of phenols is 2. The van der Waals surface area contributed by atoms with Crippen LogP contribution in [-0.2, 0) is 0 Å². The van der Waals surface area contributed by atoms with Crippen molar-refractivity contribution in [3.8, 4) is 11.5 Å². The fraction of sp³-hybridized carbons (Fsp3) is 0.500. The van der Waals surface area contributed by atoms with E-state index in [-0.39, 0.29) is 36.4 Å². The number of likely N-dealkylation sites (tertiary alicyclic amines) is 1. The molecule has 1 aliphatic heterocycles. The first-order valence-corrected chi connectivity index (χ1v) is 6.48. The fourth-order valence-electron chi connectivity index (χ4n) is 2.44. The predicted octanol–water partition coefficient (Wildman–Crippen LogP) is 0.985. The van der Waals surface area contributed by atoms with Crippen LogP contribution in [0.5, 0.6) is 11.5 Å². The Labute approximate surface area is 112 Å². The molecule has 5 heteroatoms. The van der Waals surface area contributed by atoms with Crippen LogP contribution in [0.4, 0.5) is 0 Å². The Kier molecular flexibility index (Phi) is 4.39. The van der Waals surface area contributed by atoms with Crippen molar-refractivity contribution in [2.75, 3.05) is 26.2 Å². The first-order chi connectivity index (χ1) is 9.10. The van der Waals surface area contributed by atoms with Crippen molar-refractivity contribution >= 4 is 5.78 Å². The second kappa shape index (κ2) is 6.04. The lowest BCUT2D eigenvalue weighted by atomic mass is 9.98. The Balaban J connectivity index is 1.98. The minimum absolute atomic E-state index is 0.0890. The molecule has 1 heterocycles. The molecule has 0 saturated carbocycles. The number of piperidine rings is 1. The number of hydrogen-bond donors (Lipinski definition) is 3. The molecule has 0 spiro atoms. The number of aliphatic hydroxyl groups excluding tert-OH is 1. The van der Waals surface area contributed by atoms with Gasteiger partial charge in [0.15, 0.2) is 17.3 Å². The fourth-order valence-corrected chi connectivity index (χ4v) is 2.44. The Morgan fingerprint density at radius 3 is 2.79 bits per heavy atom. The van der Waals surface area contributed by atoms with Crippen LogP contribution >= 0.6 is 0 Å². The molecule has 0 radical (unpaired) electrons. The van der Waals surface area contributed by atoms with Gasteiger partial charge in [0.25, 0.3) is 0 Å². The molecule has 1 aliphatic rings. The van der Waals surface area contributed by atoms with E-state index in [0.29, 0.717) is 5.56 Å². The number of ketones is 1. The van der Waals surface area contributed by atoms with Crippen molar-refractivity contribution in [2.24, 2.45) is 5.92 Å². The van der Waals surface area contributed by atoms with Gasteiger partial charge in [-0.2, -0.15) is 0 Å². The summed E-state index contributed by atoms with van der Waals surface area (Å²) >= 11 is 0. The summed E-state index contributed by atoms with van der Waals surface area (Å²) in [7, 11) is 0. The molecule has 0 aliphatic carbocycles. The average Bonchev–Trinajstić information content (AvgIpc) is 2.42. The topological polar surface area (TPSA) is 81.0 Å². The highest BCUT2D eigenvalue weighted by Crippen LogP contribution is 2.25. The third kappa shape index (κ3) is 3.45. The average molecular weight is 265 g/mol. The summed E-state index contributed by atoms with van der Waals surface area (Å²) in [5, 5.41) is 27.8. The van der Waals surface area contributed by atoms with Crippen molar-refractivity contribution in [2.45, 2.75) is 12.8 Å². The first kappa shape index (κ1) is 13.8. The standard InChI is InChI=1S/C14H19NO4/c16-9-10-2-1-5-15(7-10)8-14(19)11-3-4-12(17)13(18)6-11/h3-4,6,10,16-18H,1-2,5,7-9H2. The summed E-state index contributed by atoms with van der Waals surface area (Å²) in [6, 6.07) is 4.10. The first-order valence-electron chi connectivity index (χ1n) is 6.48. The van der Waals surface area contributed by atoms with E-state index < -0.39 is 0 Å². The molecule has 1 aromatic rings. The summed E-state index contributed by atoms with van der Waals surface area (Å²) in [6.45, 7) is 2.02. The highest BCUT2D eigenvalue weighted by Gasteiger charge is 2.21. The lowest BCUT2D eigenvalue weighted by molar-refractivity contribution is 0.0833. The third-order valence-corrected chi connectivity index (χ3v) is 3.53. The Morgan fingerprint density at radius 2 is 2.11 bits per heavy atom. The maximum absolute atomic E-state index is 12.1. The maximum atomic E-state index is 12.1. The van der Waals surface area contributed by atoms with Gasteiger partial charge in [-0.15, -0.1) is 0 Å². The van der Waals surface area contributed by atoms with E-state index in [4.69, 9.17) is 5.11 Å². The normalized spacial score (nSPS) is 20.4. The molecular weight excluding hydrogens is 246 g/mol. The monoisotopic (exact) mass is 265 g/mol. The Hall–Kier alpha value is -1.59. The van der Waals surface area contributed by atoms with E-state index in [0.717, 1.165) is 25.9 Å². The van der Waals surface area contributed by atoms with Crippen LogP contribution in [0.15, 0.2) is 18.2 Å². The molecule has 1 aromatic carbocycles. The number of aliphatic hydroxyl groups is 1. The van der Waals surface area contributed by atoms with Gasteiger partial charge in [-0.05, 0) is 43.5 Å². The molecule has 1 fully saturated rings. The van der Waals surface area contributed by atoms with Crippen LogP contribution in [0.25, 0.3) is 0 Å². The zero-order chi connectivity index (χ0) is 13.8. The van der Waals surface area contributed by atoms with Crippen LogP contribution in [0.1, 0.15) is 23.2 Å². The predicted molar refractivity (Wildman–Crippen MR) is 70.4 cm³/mol. The van der Waals surface area contributed by atoms with Crippen LogP contribution in [0, 0.1) is 5.92 Å². The van der Waals surface area contributed by atoms with Crippen molar-refractivity contribution in [3.63, 3.8) is 0 Å². The molecule has 0 aromatic heterocycles. The SMILES string of the molecule is O=C(CN1CCCC(CO)C1)c1ccc(O)c(O)c1. The van der Waals surface area contributed by atoms with Gasteiger partial charge in [0.1, 0.15) is 0 Å². The van der Waals surface area contributed by atoms with Crippen molar-refractivity contribution < 1.29 is 20.1 Å². The van der Waals surface area contributed by atoms with Gasteiger partial charge < -0.3 is 15.3 Å². The molecule has 2 rings (SSSR count). The second-order valence-electron chi connectivity index (χ2n) is 5.05. The van der Waals surface area contributed by atoms with Gasteiger partial charge in [0, 0.05) is 18.7 Å². The molecule has 1 atom stereocenters. The molecule has 19 heavy (non-hydrogen) atoms. The molecule has 1 saturated heterocycles. The molecule has 5 nitrogen and oxygen atoms in total. The maximum Gasteiger partial charge on any atom is 0.176 e. The van der Waals surface area contributed by atoms with Gasteiger partial charge in [-0.1, -0.05) is 0 Å².